The van der Waals surface area contributed by atoms with E-state index in [1.54, 1.807) is 4.90 Å². The van der Waals surface area contributed by atoms with E-state index in [0.717, 1.165) is 48.6 Å². The van der Waals surface area contributed by atoms with E-state index in [1.807, 2.05) is 48.9 Å². The molecule has 0 unspecified atom stereocenters. The standard InChI is InChI=1S/C21H27N3O3/c1-15-8-7-11-23(13-15)20(25)14-27-21(26)12-19-16(2)22-24(17(19)3)18-9-5-4-6-10-18/h4-6,9-10,15H,7-8,11-14H2,1-3H3/t15-/m1/s1. The summed E-state index contributed by atoms with van der Waals surface area (Å²) in [5.41, 5.74) is 3.51. The molecule has 0 radical (unpaired) electrons. The van der Waals surface area contributed by atoms with Crippen LogP contribution in [-0.4, -0.2) is 46.3 Å². The number of nitrogens with zero attached hydrogens (tertiary/aromatic N) is 3. The molecule has 6 heteroatoms. The molecule has 0 N–H and O–H groups in total. The van der Waals surface area contributed by atoms with Gasteiger partial charge in [0.2, 0.25) is 0 Å². The number of likely N-dealkylation sites (tertiary alicyclic amines) is 1. The first kappa shape index (κ1) is 19.1. The Morgan fingerprint density at radius 1 is 1.22 bits per heavy atom. The second-order valence-corrected chi connectivity index (χ2v) is 7.32. The van der Waals surface area contributed by atoms with Gasteiger partial charge in [0.1, 0.15) is 0 Å². The van der Waals surface area contributed by atoms with Crippen molar-refractivity contribution in [2.75, 3.05) is 19.7 Å². The Morgan fingerprint density at radius 3 is 2.67 bits per heavy atom. The van der Waals surface area contributed by atoms with E-state index in [0.29, 0.717) is 5.92 Å². The van der Waals surface area contributed by atoms with Gasteiger partial charge in [-0.15, -0.1) is 0 Å². The van der Waals surface area contributed by atoms with Crippen molar-refractivity contribution in [3.63, 3.8) is 0 Å². The number of hydrogen-bond donors (Lipinski definition) is 0. The van der Waals surface area contributed by atoms with Crippen LogP contribution < -0.4 is 0 Å². The number of rotatable bonds is 5. The van der Waals surface area contributed by atoms with Crippen LogP contribution in [0.25, 0.3) is 5.69 Å². The molecule has 1 amide bonds. The number of carbonyl (C=O) groups is 2. The van der Waals surface area contributed by atoms with Gasteiger partial charge in [0.25, 0.3) is 5.91 Å². The second kappa shape index (κ2) is 8.37. The Bertz CT molecular complexity index is 814. The molecule has 0 saturated carbocycles. The Hall–Kier alpha value is -2.63. The van der Waals surface area contributed by atoms with Crippen LogP contribution in [0.4, 0.5) is 0 Å². The topological polar surface area (TPSA) is 64.4 Å². The van der Waals surface area contributed by atoms with Crippen molar-refractivity contribution < 1.29 is 14.3 Å². The molecular weight excluding hydrogens is 342 g/mol. The first-order chi connectivity index (χ1) is 13.0. The molecule has 1 aliphatic rings. The predicted molar refractivity (Wildman–Crippen MR) is 103 cm³/mol. The molecule has 2 aromatic rings. The molecule has 1 saturated heterocycles. The van der Waals surface area contributed by atoms with Gasteiger partial charge in [-0.05, 0) is 44.7 Å². The lowest BCUT2D eigenvalue weighted by molar-refractivity contribution is -0.152. The highest BCUT2D eigenvalue weighted by molar-refractivity contribution is 5.81. The third kappa shape index (κ3) is 4.56. The second-order valence-electron chi connectivity index (χ2n) is 7.32. The lowest BCUT2D eigenvalue weighted by Crippen LogP contribution is -2.41. The maximum Gasteiger partial charge on any atom is 0.310 e. The van der Waals surface area contributed by atoms with Gasteiger partial charge in [0.15, 0.2) is 6.61 Å². The number of aromatic nitrogens is 2. The Morgan fingerprint density at radius 2 is 1.96 bits per heavy atom. The first-order valence-electron chi connectivity index (χ1n) is 9.49. The largest absolute Gasteiger partial charge is 0.455 e. The number of carbonyl (C=O) groups excluding carboxylic acids is 2. The van der Waals surface area contributed by atoms with E-state index in [2.05, 4.69) is 12.0 Å². The molecular formula is C21H27N3O3. The molecule has 0 bridgehead atoms. The summed E-state index contributed by atoms with van der Waals surface area (Å²) in [6.07, 6.45) is 2.28. The van der Waals surface area contributed by atoms with E-state index in [4.69, 9.17) is 4.74 Å². The third-order valence-corrected chi connectivity index (χ3v) is 5.13. The molecule has 2 heterocycles. The maximum atomic E-state index is 12.3. The quantitative estimate of drug-likeness (QED) is 0.760. The average Bonchev–Trinajstić information content (AvgIpc) is 2.95. The van der Waals surface area contributed by atoms with Crippen molar-refractivity contribution in [2.24, 2.45) is 5.92 Å². The predicted octanol–water partition coefficient (Wildman–Crippen LogP) is 2.83. The van der Waals surface area contributed by atoms with E-state index in [9.17, 15) is 9.59 Å². The lowest BCUT2D eigenvalue weighted by atomic mass is 10.0. The van der Waals surface area contributed by atoms with Crippen LogP contribution in [0.2, 0.25) is 0 Å². The first-order valence-corrected chi connectivity index (χ1v) is 9.49. The SMILES string of the molecule is Cc1nn(-c2ccccc2)c(C)c1CC(=O)OCC(=O)N1CCC[C@@H](C)C1. The smallest absolute Gasteiger partial charge is 0.310 e. The number of aryl methyl sites for hydroxylation is 1. The van der Waals surface area contributed by atoms with E-state index < -0.39 is 5.97 Å². The highest BCUT2D eigenvalue weighted by atomic mass is 16.5. The number of hydrogen-bond acceptors (Lipinski definition) is 4. The highest BCUT2D eigenvalue weighted by Gasteiger charge is 2.22. The van der Waals surface area contributed by atoms with Gasteiger partial charge in [-0.2, -0.15) is 5.10 Å². The molecule has 6 nitrogen and oxygen atoms in total. The lowest BCUT2D eigenvalue weighted by Gasteiger charge is -2.30. The summed E-state index contributed by atoms with van der Waals surface area (Å²) in [5, 5.41) is 4.54. The number of benzene rings is 1. The zero-order valence-corrected chi connectivity index (χ0v) is 16.3. The average molecular weight is 369 g/mol. The fourth-order valence-electron chi connectivity index (χ4n) is 3.60. The summed E-state index contributed by atoms with van der Waals surface area (Å²) in [6, 6.07) is 9.80. The van der Waals surface area contributed by atoms with Gasteiger partial charge in [0.05, 0.1) is 17.8 Å². The minimum atomic E-state index is -0.396. The van der Waals surface area contributed by atoms with E-state index in [-0.39, 0.29) is 18.9 Å². The maximum absolute atomic E-state index is 12.3. The van der Waals surface area contributed by atoms with Crippen LogP contribution in [0.15, 0.2) is 30.3 Å². The molecule has 1 aromatic carbocycles. The van der Waals surface area contributed by atoms with Crippen molar-refractivity contribution in [1.82, 2.24) is 14.7 Å². The summed E-state index contributed by atoms with van der Waals surface area (Å²) in [4.78, 5) is 26.3. The Balaban J connectivity index is 1.60. The molecule has 1 fully saturated rings. The normalized spacial score (nSPS) is 17.0. The van der Waals surface area contributed by atoms with Gasteiger partial charge < -0.3 is 9.64 Å². The van der Waals surface area contributed by atoms with Gasteiger partial charge in [-0.3, -0.25) is 9.59 Å². The van der Waals surface area contributed by atoms with Crippen molar-refractivity contribution in [2.45, 2.75) is 40.0 Å². The minimum Gasteiger partial charge on any atom is -0.455 e. The number of para-hydroxylation sites is 1. The number of piperidine rings is 1. The van der Waals surface area contributed by atoms with E-state index in [1.165, 1.54) is 0 Å². The summed E-state index contributed by atoms with van der Waals surface area (Å²) >= 11 is 0. The molecule has 1 aliphatic heterocycles. The van der Waals surface area contributed by atoms with Crippen molar-refractivity contribution in [1.29, 1.82) is 0 Å². The summed E-state index contributed by atoms with van der Waals surface area (Å²) in [7, 11) is 0. The molecule has 1 aromatic heterocycles. The zero-order valence-electron chi connectivity index (χ0n) is 16.3. The Kier molecular flexibility index (Phi) is 5.94. The fraction of sp³-hybridized carbons (Fsp3) is 0.476. The van der Waals surface area contributed by atoms with Crippen LogP contribution in [0.3, 0.4) is 0 Å². The number of ether oxygens (including phenoxy) is 1. The number of amides is 1. The molecule has 0 aliphatic carbocycles. The highest BCUT2D eigenvalue weighted by Crippen LogP contribution is 2.19. The third-order valence-electron chi connectivity index (χ3n) is 5.13. The minimum absolute atomic E-state index is 0.108. The summed E-state index contributed by atoms with van der Waals surface area (Å²) in [5.74, 6) is 0.00284. The van der Waals surface area contributed by atoms with Crippen LogP contribution in [0.1, 0.15) is 36.7 Å². The van der Waals surface area contributed by atoms with Gasteiger partial charge >= 0.3 is 5.97 Å². The van der Waals surface area contributed by atoms with Crippen molar-refractivity contribution in [3.8, 4) is 5.69 Å². The Labute approximate surface area is 160 Å². The van der Waals surface area contributed by atoms with Crippen LogP contribution in [0, 0.1) is 19.8 Å². The summed E-state index contributed by atoms with van der Waals surface area (Å²) < 4.78 is 7.09. The van der Waals surface area contributed by atoms with Crippen LogP contribution in [0.5, 0.6) is 0 Å². The molecule has 3 rings (SSSR count). The van der Waals surface area contributed by atoms with Gasteiger partial charge in [-0.25, -0.2) is 4.68 Å². The van der Waals surface area contributed by atoms with Crippen molar-refractivity contribution in [3.05, 3.63) is 47.3 Å². The zero-order chi connectivity index (χ0) is 19.4. The molecule has 144 valence electrons. The van der Waals surface area contributed by atoms with E-state index >= 15 is 0 Å². The fourth-order valence-corrected chi connectivity index (χ4v) is 3.60. The molecule has 1 atom stereocenters. The van der Waals surface area contributed by atoms with Crippen LogP contribution in [-0.2, 0) is 20.7 Å². The van der Waals surface area contributed by atoms with Crippen molar-refractivity contribution >= 4 is 11.9 Å². The monoisotopic (exact) mass is 369 g/mol. The summed E-state index contributed by atoms with van der Waals surface area (Å²) in [6.45, 7) is 7.28. The number of esters is 1. The molecule has 0 spiro atoms. The van der Waals surface area contributed by atoms with Crippen LogP contribution >= 0.6 is 0 Å². The van der Waals surface area contributed by atoms with Gasteiger partial charge in [0, 0.05) is 24.3 Å². The molecule has 27 heavy (non-hydrogen) atoms. The van der Waals surface area contributed by atoms with Gasteiger partial charge in [-0.1, -0.05) is 25.1 Å².